The average Bonchev–Trinajstić information content (AvgIpc) is 2.20. The summed E-state index contributed by atoms with van der Waals surface area (Å²) in [6.45, 7) is 1.11. The molecule has 0 unspecified atom stereocenters. The fourth-order valence-corrected chi connectivity index (χ4v) is 1.99. The van der Waals surface area contributed by atoms with E-state index in [2.05, 4.69) is 4.74 Å². The Hall–Kier alpha value is -1.80. The first-order valence-electron chi connectivity index (χ1n) is 4.87. The van der Waals surface area contributed by atoms with Gasteiger partial charge in [-0.2, -0.15) is 8.42 Å². The molecule has 18 heavy (non-hydrogen) atoms. The maximum absolute atomic E-state index is 10.9. The first-order chi connectivity index (χ1) is 8.21. The van der Waals surface area contributed by atoms with Crippen LogP contribution in [0.1, 0.15) is 12.5 Å². The molecule has 7 nitrogen and oxygen atoms in total. The molecule has 0 saturated heterocycles. The second kappa shape index (κ2) is 5.23. The van der Waals surface area contributed by atoms with Crippen LogP contribution < -0.4 is 0 Å². The zero-order chi connectivity index (χ0) is 13.9. The van der Waals surface area contributed by atoms with Crippen molar-refractivity contribution in [2.24, 2.45) is 0 Å². The third kappa shape index (κ3) is 3.60. The minimum absolute atomic E-state index is 0.00231. The minimum atomic E-state index is -4.64. The Morgan fingerprint density at radius 1 is 1.33 bits per heavy atom. The number of carbonyl (C=O) groups excluding carboxylic acids is 1. The summed E-state index contributed by atoms with van der Waals surface area (Å²) in [5.41, 5.74) is 0.0453. The van der Waals surface area contributed by atoms with Crippen LogP contribution in [0.3, 0.4) is 0 Å². The van der Waals surface area contributed by atoms with E-state index in [0.717, 1.165) is 12.1 Å². The number of benzene rings is 1. The van der Waals surface area contributed by atoms with Crippen molar-refractivity contribution in [2.45, 2.75) is 18.2 Å². The number of rotatable bonds is 4. The van der Waals surface area contributed by atoms with Crippen LogP contribution >= 0.6 is 0 Å². The van der Waals surface area contributed by atoms with Gasteiger partial charge in [-0.1, -0.05) is 0 Å². The molecule has 100 valence electrons. The molecule has 0 radical (unpaired) electrons. The van der Waals surface area contributed by atoms with Crippen LogP contribution in [0.4, 0.5) is 0 Å². The number of hydrogen-bond acceptors (Lipinski definition) is 6. The second-order valence-corrected chi connectivity index (χ2v) is 4.91. The largest absolute Gasteiger partial charge is 0.508 e. The number of esters is 1. The zero-order valence-electron chi connectivity index (χ0n) is 9.45. The van der Waals surface area contributed by atoms with Gasteiger partial charge in [0.1, 0.15) is 16.4 Å². The number of aromatic hydroxyl groups is 2. The Bertz CT molecular complexity index is 562. The van der Waals surface area contributed by atoms with E-state index in [-0.39, 0.29) is 18.6 Å². The highest BCUT2D eigenvalue weighted by Gasteiger charge is 2.19. The molecule has 0 atom stereocenters. The Morgan fingerprint density at radius 2 is 1.94 bits per heavy atom. The maximum atomic E-state index is 10.9. The first-order valence-corrected chi connectivity index (χ1v) is 6.31. The summed E-state index contributed by atoms with van der Waals surface area (Å²) in [5.74, 6) is -1.63. The standard InChI is InChI=1S/C10H12O7S/c1-6(11)17-3-2-7-4-8(12)5-9(10(7)13)18(14,15)16/h4-5,12-13H,2-3H2,1H3,(H,14,15,16). The number of ether oxygens (including phenoxy) is 1. The number of hydrogen-bond donors (Lipinski definition) is 3. The Balaban J connectivity index is 3.06. The third-order valence-corrected chi connectivity index (χ3v) is 2.96. The summed E-state index contributed by atoms with van der Waals surface area (Å²) in [5, 5.41) is 18.9. The normalized spacial score (nSPS) is 11.2. The molecule has 8 heteroatoms. The van der Waals surface area contributed by atoms with Gasteiger partial charge in [0.15, 0.2) is 0 Å². The Labute approximate surface area is 103 Å². The predicted octanol–water partition coefficient (Wildman–Crippen LogP) is 0.450. The highest BCUT2D eigenvalue weighted by atomic mass is 32.2. The van der Waals surface area contributed by atoms with Crippen LogP contribution in [-0.2, 0) is 26.1 Å². The van der Waals surface area contributed by atoms with Gasteiger partial charge in [-0.05, 0) is 6.07 Å². The van der Waals surface area contributed by atoms with Gasteiger partial charge >= 0.3 is 5.97 Å². The van der Waals surface area contributed by atoms with Crippen molar-refractivity contribution in [3.05, 3.63) is 17.7 Å². The molecular formula is C10H12O7S. The minimum Gasteiger partial charge on any atom is -0.508 e. The van der Waals surface area contributed by atoms with Gasteiger partial charge < -0.3 is 14.9 Å². The van der Waals surface area contributed by atoms with Gasteiger partial charge in [0.2, 0.25) is 0 Å². The molecule has 3 N–H and O–H groups in total. The summed E-state index contributed by atoms with van der Waals surface area (Å²) in [6.07, 6.45) is 0.00231. The summed E-state index contributed by atoms with van der Waals surface area (Å²) < 4.78 is 35.3. The van der Waals surface area contributed by atoms with Crippen molar-refractivity contribution in [3.63, 3.8) is 0 Å². The van der Waals surface area contributed by atoms with Crippen LogP contribution in [0.5, 0.6) is 11.5 Å². The van der Waals surface area contributed by atoms with E-state index in [1.807, 2.05) is 0 Å². The fraction of sp³-hybridized carbons (Fsp3) is 0.300. The molecule has 0 aliphatic heterocycles. The maximum Gasteiger partial charge on any atom is 0.302 e. The molecule has 0 aliphatic carbocycles. The van der Waals surface area contributed by atoms with Crippen LogP contribution in [0.2, 0.25) is 0 Å². The smallest absolute Gasteiger partial charge is 0.302 e. The SMILES string of the molecule is CC(=O)OCCc1cc(O)cc(S(=O)(=O)O)c1O. The zero-order valence-corrected chi connectivity index (χ0v) is 10.3. The van der Waals surface area contributed by atoms with Crippen molar-refractivity contribution in [1.29, 1.82) is 0 Å². The van der Waals surface area contributed by atoms with E-state index in [1.165, 1.54) is 6.92 Å². The van der Waals surface area contributed by atoms with E-state index < -0.39 is 32.5 Å². The summed E-state index contributed by atoms with van der Waals surface area (Å²) in [6, 6.07) is 1.84. The van der Waals surface area contributed by atoms with Crippen LogP contribution in [-0.4, -0.2) is 35.8 Å². The molecule has 1 aromatic carbocycles. The van der Waals surface area contributed by atoms with E-state index >= 15 is 0 Å². The fourth-order valence-electron chi connectivity index (χ4n) is 1.34. The Morgan fingerprint density at radius 3 is 2.44 bits per heavy atom. The molecule has 0 aromatic heterocycles. The van der Waals surface area contributed by atoms with E-state index in [0.29, 0.717) is 0 Å². The average molecular weight is 276 g/mol. The van der Waals surface area contributed by atoms with Gasteiger partial charge in [-0.3, -0.25) is 9.35 Å². The van der Waals surface area contributed by atoms with E-state index in [1.54, 1.807) is 0 Å². The lowest BCUT2D eigenvalue weighted by molar-refractivity contribution is -0.140. The highest BCUT2D eigenvalue weighted by Crippen LogP contribution is 2.31. The summed E-state index contributed by atoms with van der Waals surface area (Å²) >= 11 is 0. The van der Waals surface area contributed by atoms with Gasteiger partial charge in [0.05, 0.1) is 6.61 Å². The van der Waals surface area contributed by atoms with E-state index in [9.17, 15) is 23.4 Å². The number of carbonyl (C=O) groups is 1. The molecule has 1 aromatic rings. The lowest BCUT2D eigenvalue weighted by atomic mass is 10.1. The quantitative estimate of drug-likeness (QED) is 0.414. The van der Waals surface area contributed by atoms with Gasteiger partial charge in [0.25, 0.3) is 10.1 Å². The van der Waals surface area contributed by atoms with Gasteiger partial charge in [0, 0.05) is 25.0 Å². The predicted molar refractivity (Wildman–Crippen MR) is 59.9 cm³/mol. The lowest BCUT2D eigenvalue weighted by Crippen LogP contribution is -2.05. The summed E-state index contributed by atoms with van der Waals surface area (Å²) in [4.78, 5) is 9.75. The molecule has 0 heterocycles. The van der Waals surface area contributed by atoms with Crippen LogP contribution in [0.25, 0.3) is 0 Å². The molecule has 0 bridgehead atoms. The molecular weight excluding hydrogens is 264 g/mol. The Kier molecular flexibility index (Phi) is 4.15. The van der Waals surface area contributed by atoms with Crippen LogP contribution in [0, 0.1) is 0 Å². The van der Waals surface area contributed by atoms with Crippen molar-refractivity contribution in [3.8, 4) is 11.5 Å². The summed E-state index contributed by atoms with van der Waals surface area (Å²) in [7, 11) is -4.64. The second-order valence-electron chi connectivity index (χ2n) is 3.52. The topological polar surface area (TPSA) is 121 Å². The molecule has 0 fully saturated rings. The highest BCUT2D eigenvalue weighted by molar-refractivity contribution is 7.86. The molecule has 0 saturated carbocycles. The molecule has 0 spiro atoms. The first kappa shape index (κ1) is 14.3. The molecule has 0 aliphatic rings. The molecule has 0 amide bonds. The van der Waals surface area contributed by atoms with Crippen LogP contribution in [0.15, 0.2) is 17.0 Å². The monoisotopic (exact) mass is 276 g/mol. The van der Waals surface area contributed by atoms with Crippen molar-refractivity contribution in [1.82, 2.24) is 0 Å². The van der Waals surface area contributed by atoms with Gasteiger partial charge in [-0.25, -0.2) is 0 Å². The number of phenolic OH excluding ortho intramolecular Hbond substituents is 2. The van der Waals surface area contributed by atoms with Crippen molar-refractivity contribution >= 4 is 16.1 Å². The third-order valence-electron chi connectivity index (χ3n) is 2.09. The van der Waals surface area contributed by atoms with Crippen molar-refractivity contribution < 1.29 is 32.7 Å². The van der Waals surface area contributed by atoms with Crippen molar-refractivity contribution in [2.75, 3.05) is 6.61 Å². The van der Waals surface area contributed by atoms with Gasteiger partial charge in [-0.15, -0.1) is 0 Å². The number of phenols is 2. The van der Waals surface area contributed by atoms with E-state index in [4.69, 9.17) is 4.55 Å². The molecule has 1 rings (SSSR count). The lowest BCUT2D eigenvalue weighted by Gasteiger charge is -2.09.